The number of hydrogen-bond acceptors (Lipinski definition) is 4. The molecule has 1 atom stereocenters. The first-order valence-corrected chi connectivity index (χ1v) is 8.64. The Morgan fingerprint density at radius 2 is 2.08 bits per heavy atom. The number of nitrogens with zero attached hydrogens (tertiary/aromatic N) is 1. The molecular formula is C18H23F2NO4. The fourth-order valence-electron chi connectivity index (χ4n) is 3.62. The van der Waals surface area contributed by atoms with Crippen molar-refractivity contribution < 1.29 is 28.2 Å². The van der Waals surface area contributed by atoms with Crippen molar-refractivity contribution in [3.63, 3.8) is 0 Å². The third kappa shape index (κ3) is 4.16. The lowest BCUT2D eigenvalue weighted by Crippen LogP contribution is -2.52. The third-order valence-electron chi connectivity index (χ3n) is 5.02. The zero-order chi connectivity index (χ0) is 17.9. The van der Waals surface area contributed by atoms with Crippen LogP contribution in [0.15, 0.2) is 18.2 Å². The van der Waals surface area contributed by atoms with Crippen LogP contribution in [0.25, 0.3) is 0 Å². The second-order valence-corrected chi connectivity index (χ2v) is 6.66. The van der Waals surface area contributed by atoms with Crippen molar-refractivity contribution in [3.05, 3.63) is 35.4 Å². The minimum absolute atomic E-state index is 0.000859. The van der Waals surface area contributed by atoms with E-state index in [1.807, 2.05) is 0 Å². The summed E-state index contributed by atoms with van der Waals surface area (Å²) in [5.41, 5.74) is -0.146. The molecule has 138 valence electrons. The summed E-state index contributed by atoms with van der Waals surface area (Å²) in [6.07, 6.45) is 2.98. The van der Waals surface area contributed by atoms with Gasteiger partial charge in [-0.2, -0.15) is 0 Å². The van der Waals surface area contributed by atoms with Gasteiger partial charge in [0, 0.05) is 31.7 Å². The SMILES string of the molecule is O=C(c1ccc(F)c(F)c1)N1CCC2(CC1)CC(OCCO)CCO2. The zero-order valence-electron chi connectivity index (χ0n) is 14.0. The number of aliphatic hydroxyl groups is 1. The normalized spacial score (nSPS) is 23.0. The third-order valence-corrected chi connectivity index (χ3v) is 5.02. The highest BCUT2D eigenvalue weighted by Crippen LogP contribution is 2.36. The van der Waals surface area contributed by atoms with E-state index in [2.05, 4.69) is 0 Å². The Morgan fingerprint density at radius 3 is 2.76 bits per heavy atom. The molecule has 7 heteroatoms. The Kier molecular flexibility index (Phi) is 5.66. The maximum absolute atomic E-state index is 13.3. The summed E-state index contributed by atoms with van der Waals surface area (Å²) in [5, 5.41) is 8.89. The van der Waals surface area contributed by atoms with E-state index >= 15 is 0 Å². The molecule has 2 saturated heterocycles. The molecular weight excluding hydrogens is 332 g/mol. The minimum Gasteiger partial charge on any atom is -0.394 e. The van der Waals surface area contributed by atoms with Crippen molar-refractivity contribution in [2.75, 3.05) is 32.9 Å². The van der Waals surface area contributed by atoms with Crippen molar-refractivity contribution in [1.29, 1.82) is 0 Å². The maximum atomic E-state index is 13.3. The largest absolute Gasteiger partial charge is 0.394 e. The van der Waals surface area contributed by atoms with Crippen molar-refractivity contribution in [1.82, 2.24) is 4.90 Å². The lowest BCUT2D eigenvalue weighted by Gasteiger charge is -2.46. The summed E-state index contributed by atoms with van der Waals surface area (Å²) in [5.74, 6) is -2.27. The Balaban J connectivity index is 1.59. The number of halogens is 2. The average Bonchev–Trinajstić information content (AvgIpc) is 2.62. The summed E-state index contributed by atoms with van der Waals surface area (Å²) >= 11 is 0. The van der Waals surface area contributed by atoms with Crippen LogP contribution in [0.1, 0.15) is 36.0 Å². The molecule has 25 heavy (non-hydrogen) atoms. The van der Waals surface area contributed by atoms with Crippen LogP contribution in [0.4, 0.5) is 8.78 Å². The first-order valence-electron chi connectivity index (χ1n) is 8.64. The molecule has 0 saturated carbocycles. The summed E-state index contributed by atoms with van der Waals surface area (Å²) in [6, 6.07) is 3.22. The van der Waals surface area contributed by atoms with Gasteiger partial charge in [-0.15, -0.1) is 0 Å². The number of rotatable bonds is 4. The molecule has 3 rings (SSSR count). The molecule has 5 nitrogen and oxygen atoms in total. The molecule has 0 radical (unpaired) electrons. The second kappa shape index (κ2) is 7.76. The number of carbonyl (C=O) groups excluding carboxylic acids is 1. The van der Waals surface area contributed by atoms with E-state index in [9.17, 15) is 13.6 Å². The Morgan fingerprint density at radius 1 is 1.32 bits per heavy atom. The number of likely N-dealkylation sites (tertiary alicyclic amines) is 1. The summed E-state index contributed by atoms with van der Waals surface area (Å²) in [6.45, 7) is 1.94. The van der Waals surface area contributed by atoms with Gasteiger partial charge in [0.15, 0.2) is 11.6 Å². The topological polar surface area (TPSA) is 59.0 Å². The number of carbonyl (C=O) groups is 1. The summed E-state index contributed by atoms with van der Waals surface area (Å²) in [4.78, 5) is 14.1. The first kappa shape index (κ1) is 18.2. The first-order chi connectivity index (χ1) is 12.0. The van der Waals surface area contributed by atoms with E-state index in [1.54, 1.807) is 4.90 Å². The number of piperidine rings is 1. The number of amides is 1. The predicted octanol–water partition coefficient (Wildman–Crippen LogP) is 2.13. The Bertz CT molecular complexity index is 617. The Hall–Kier alpha value is -1.57. The molecule has 1 unspecified atom stereocenters. The van der Waals surface area contributed by atoms with E-state index in [4.69, 9.17) is 14.6 Å². The standard InChI is InChI=1S/C18H23F2NO4/c19-15-2-1-13(11-16(15)20)17(23)21-6-4-18(5-7-21)12-14(3-9-25-18)24-10-8-22/h1-2,11,14,22H,3-10,12H2. The summed E-state index contributed by atoms with van der Waals surface area (Å²) in [7, 11) is 0. The zero-order valence-corrected chi connectivity index (χ0v) is 14.0. The molecule has 0 aromatic heterocycles. The van der Waals surface area contributed by atoms with Gasteiger partial charge in [-0.1, -0.05) is 0 Å². The van der Waals surface area contributed by atoms with Crippen LogP contribution in [0.2, 0.25) is 0 Å². The van der Waals surface area contributed by atoms with Gasteiger partial charge < -0.3 is 19.5 Å². The lowest BCUT2D eigenvalue weighted by molar-refractivity contribution is -0.154. The predicted molar refractivity (Wildman–Crippen MR) is 86.2 cm³/mol. The van der Waals surface area contributed by atoms with Gasteiger partial charge in [0.2, 0.25) is 0 Å². The van der Waals surface area contributed by atoms with Gasteiger partial charge in [-0.3, -0.25) is 4.79 Å². The molecule has 2 aliphatic heterocycles. The molecule has 1 N–H and O–H groups in total. The molecule has 1 aromatic rings. The Labute approximate surface area is 145 Å². The van der Waals surface area contributed by atoms with Crippen LogP contribution in [-0.2, 0) is 9.47 Å². The van der Waals surface area contributed by atoms with Gasteiger partial charge in [0.25, 0.3) is 5.91 Å². The van der Waals surface area contributed by atoms with Crippen LogP contribution in [0.3, 0.4) is 0 Å². The molecule has 0 bridgehead atoms. The quantitative estimate of drug-likeness (QED) is 0.899. The van der Waals surface area contributed by atoms with E-state index in [0.717, 1.165) is 25.0 Å². The van der Waals surface area contributed by atoms with Crippen LogP contribution < -0.4 is 0 Å². The highest BCUT2D eigenvalue weighted by Gasteiger charge is 2.41. The van der Waals surface area contributed by atoms with Crippen LogP contribution >= 0.6 is 0 Å². The van der Waals surface area contributed by atoms with Gasteiger partial charge in [0.1, 0.15) is 0 Å². The van der Waals surface area contributed by atoms with Crippen LogP contribution in [0.5, 0.6) is 0 Å². The van der Waals surface area contributed by atoms with Gasteiger partial charge in [-0.25, -0.2) is 8.78 Å². The molecule has 2 aliphatic rings. The highest BCUT2D eigenvalue weighted by molar-refractivity contribution is 5.94. The van der Waals surface area contributed by atoms with E-state index < -0.39 is 11.6 Å². The van der Waals surface area contributed by atoms with Crippen molar-refractivity contribution in [2.45, 2.75) is 37.4 Å². The van der Waals surface area contributed by atoms with Gasteiger partial charge in [-0.05, 0) is 37.5 Å². The van der Waals surface area contributed by atoms with Crippen molar-refractivity contribution >= 4 is 5.91 Å². The van der Waals surface area contributed by atoms with E-state index in [1.165, 1.54) is 6.07 Å². The van der Waals surface area contributed by atoms with Crippen molar-refractivity contribution in [2.24, 2.45) is 0 Å². The fourth-order valence-corrected chi connectivity index (χ4v) is 3.62. The molecule has 1 aromatic carbocycles. The highest BCUT2D eigenvalue weighted by atomic mass is 19.2. The number of benzene rings is 1. The maximum Gasteiger partial charge on any atom is 0.253 e. The number of hydrogen-bond donors (Lipinski definition) is 1. The molecule has 2 heterocycles. The van der Waals surface area contributed by atoms with Gasteiger partial charge >= 0.3 is 0 Å². The van der Waals surface area contributed by atoms with E-state index in [-0.39, 0.29) is 29.8 Å². The lowest BCUT2D eigenvalue weighted by atomic mass is 9.83. The fraction of sp³-hybridized carbons (Fsp3) is 0.611. The van der Waals surface area contributed by atoms with Crippen molar-refractivity contribution in [3.8, 4) is 0 Å². The average molecular weight is 355 g/mol. The van der Waals surface area contributed by atoms with Crippen LogP contribution in [-0.4, -0.2) is 60.5 Å². The van der Waals surface area contributed by atoms with Crippen LogP contribution in [0, 0.1) is 11.6 Å². The monoisotopic (exact) mass is 355 g/mol. The number of ether oxygens (including phenoxy) is 2. The smallest absolute Gasteiger partial charge is 0.253 e. The molecule has 2 fully saturated rings. The van der Waals surface area contributed by atoms with Gasteiger partial charge in [0.05, 0.1) is 24.9 Å². The summed E-state index contributed by atoms with van der Waals surface area (Å²) < 4.78 is 38.0. The second-order valence-electron chi connectivity index (χ2n) is 6.66. The minimum atomic E-state index is -1.01. The number of aliphatic hydroxyl groups excluding tert-OH is 1. The molecule has 1 spiro atoms. The van der Waals surface area contributed by atoms with E-state index in [0.29, 0.717) is 39.1 Å². The molecule has 0 aliphatic carbocycles. The molecule has 1 amide bonds.